The zero-order valence-corrected chi connectivity index (χ0v) is 12.5. The first-order valence-electron chi connectivity index (χ1n) is 5.82. The summed E-state index contributed by atoms with van der Waals surface area (Å²) in [5.41, 5.74) is 0. The molecule has 112 valence electrons. The van der Waals surface area contributed by atoms with Crippen LogP contribution in [0.5, 0.6) is 0 Å². The summed E-state index contributed by atoms with van der Waals surface area (Å²) in [6.45, 7) is 3.12. The molecule has 8 heteroatoms. The molecular weight excluding hydrogens is 309 g/mol. The van der Waals surface area contributed by atoms with Crippen molar-refractivity contribution in [1.82, 2.24) is 4.72 Å². The van der Waals surface area contributed by atoms with Gasteiger partial charge in [0.2, 0.25) is 10.0 Å². The molecule has 0 saturated heterocycles. The number of carboxylic acids is 1. The molecule has 1 atom stereocenters. The van der Waals surface area contributed by atoms with Crippen molar-refractivity contribution >= 4 is 27.6 Å². The van der Waals surface area contributed by atoms with Gasteiger partial charge in [-0.2, -0.15) is 0 Å². The van der Waals surface area contributed by atoms with Crippen LogP contribution >= 0.6 is 11.6 Å². The highest BCUT2D eigenvalue weighted by Crippen LogP contribution is 2.19. The number of carboxylic acid groups (broad SMARTS) is 1. The van der Waals surface area contributed by atoms with Gasteiger partial charge in [-0.1, -0.05) is 25.4 Å². The van der Waals surface area contributed by atoms with Crippen molar-refractivity contribution in [2.45, 2.75) is 18.7 Å². The number of rotatable bonds is 6. The molecule has 0 amide bonds. The lowest BCUT2D eigenvalue weighted by Gasteiger charge is -2.16. The predicted molar refractivity (Wildman–Crippen MR) is 72.6 cm³/mol. The second-order valence-corrected chi connectivity index (χ2v) is 6.79. The number of hydrogen-bond donors (Lipinski definition) is 2. The van der Waals surface area contributed by atoms with Gasteiger partial charge in [0.05, 0.1) is 15.8 Å². The number of benzene rings is 1. The summed E-state index contributed by atoms with van der Waals surface area (Å²) < 4.78 is 39.1. The Bertz CT molecular complexity index is 603. The largest absolute Gasteiger partial charge is 0.481 e. The predicted octanol–water partition coefficient (Wildman–Crippen LogP) is 2.11. The molecule has 0 spiro atoms. The van der Waals surface area contributed by atoms with Gasteiger partial charge >= 0.3 is 5.97 Å². The van der Waals surface area contributed by atoms with E-state index < -0.39 is 27.7 Å². The smallest absolute Gasteiger partial charge is 0.308 e. The van der Waals surface area contributed by atoms with E-state index in [9.17, 15) is 17.6 Å². The van der Waals surface area contributed by atoms with E-state index in [4.69, 9.17) is 16.7 Å². The third kappa shape index (κ3) is 4.16. The van der Waals surface area contributed by atoms with Gasteiger partial charge in [0, 0.05) is 6.54 Å². The Hall–Kier alpha value is -1.18. The fourth-order valence-electron chi connectivity index (χ4n) is 1.53. The molecule has 20 heavy (non-hydrogen) atoms. The van der Waals surface area contributed by atoms with Crippen molar-refractivity contribution in [3.8, 4) is 0 Å². The van der Waals surface area contributed by atoms with Crippen molar-refractivity contribution < 1.29 is 22.7 Å². The Kier molecular flexibility index (Phi) is 5.50. The highest BCUT2D eigenvalue weighted by molar-refractivity contribution is 7.89. The third-order valence-electron chi connectivity index (χ3n) is 2.82. The van der Waals surface area contributed by atoms with Crippen LogP contribution in [0.25, 0.3) is 0 Å². The van der Waals surface area contributed by atoms with E-state index in [1.807, 2.05) is 0 Å². The van der Waals surface area contributed by atoms with Crippen LogP contribution < -0.4 is 4.72 Å². The second-order valence-electron chi connectivity index (χ2n) is 4.62. The number of aliphatic carboxylic acids is 1. The number of hydrogen-bond acceptors (Lipinski definition) is 3. The van der Waals surface area contributed by atoms with Crippen LogP contribution in [0.15, 0.2) is 23.1 Å². The maximum atomic E-state index is 13.0. The van der Waals surface area contributed by atoms with E-state index >= 15 is 0 Å². The Morgan fingerprint density at radius 3 is 2.50 bits per heavy atom. The number of carbonyl (C=O) groups is 1. The summed E-state index contributed by atoms with van der Waals surface area (Å²) in [5, 5.41) is 8.67. The molecule has 0 aliphatic heterocycles. The first-order valence-corrected chi connectivity index (χ1v) is 7.68. The van der Waals surface area contributed by atoms with E-state index in [1.54, 1.807) is 13.8 Å². The summed E-state index contributed by atoms with van der Waals surface area (Å²) in [4.78, 5) is 10.8. The third-order valence-corrected chi connectivity index (χ3v) is 4.53. The van der Waals surface area contributed by atoms with Crippen LogP contribution in [0.1, 0.15) is 13.8 Å². The van der Waals surface area contributed by atoms with Crippen molar-refractivity contribution in [2.24, 2.45) is 11.8 Å². The average molecular weight is 324 g/mol. The summed E-state index contributed by atoms with van der Waals surface area (Å²) in [7, 11) is -3.93. The Morgan fingerprint density at radius 1 is 1.45 bits per heavy atom. The molecule has 2 N–H and O–H groups in total. The second kappa shape index (κ2) is 6.51. The van der Waals surface area contributed by atoms with Gasteiger partial charge in [0.15, 0.2) is 0 Å². The molecule has 1 unspecified atom stereocenters. The summed E-state index contributed by atoms with van der Waals surface area (Å²) >= 11 is 5.52. The Labute approximate surface area is 121 Å². The van der Waals surface area contributed by atoms with Crippen molar-refractivity contribution in [2.75, 3.05) is 6.54 Å². The van der Waals surface area contributed by atoms with Crippen LogP contribution in [0.2, 0.25) is 5.02 Å². The van der Waals surface area contributed by atoms with E-state index in [-0.39, 0.29) is 22.4 Å². The molecule has 0 aliphatic rings. The van der Waals surface area contributed by atoms with E-state index in [2.05, 4.69) is 4.72 Å². The molecule has 0 bridgehead atoms. The first kappa shape index (κ1) is 16.9. The molecule has 0 saturated carbocycles. The van der Waals surface area contributed by atoms with E-state index in [0.717, 1.165) is 18.2 Å². The summed E-state index contributed by atoms with van der Waals surface area (Å²) in [5.74, 6) is -2.89. The van der Waals surface area contributed by atoms with Crippen molar-refractivity contribution in [3.63, 3.8) is 0 Å². The maximum absolute atomic E-state index is 13.0. The topological polar surface area (TPSA) is 83.5 Å². The molecule has 5 nitrogen and oxygen atoms in total. The van der Waals surface area contributed by atoms with Gasteiger partial charge in [-0.25, -0.2) is 17.5 Å². The SMILES string of the molecule is CC(C)C(CNS(=O)(=O)c1ccc(F)c(Cl)c1)C(=O)O. The zero-order valence-electron chi connectivity index (χ0n) is 10.9. The number of nitrogens with one attached hydrogen (secondary N) is 1. The number of halogens is 2. The monoisotopic (exact) mass is 323 g/mol. The van der Waals surface area contributed by atoms with Crippen LogP contribution in [-0.4, -0.2) is 26.0 Å². The van der Waals surface area contributed by atoms with Gasteiger partial charge in [0.25, 0.3) is 0 Å². The van der Waals surface area contributed by atoms with Crippen molar-refractivity contribution in [1.29, 1.82) is 0 Å². The first-order chi connectivity index (χ1) is 9.15. The molecular formula is C12H15ClFNO4S. The molecule has 1 rings (SSSR count). The molecule has 1 aromatic rings. The minimum atomic E-state index is -3.93. The van der Waals surface area contributed by atoms with E-state index in [1.165, 1.54) is 0 Å². The molecule has 0 aromatic heterocycles. The van der Waals surface area contributed by atoms with Gasteiger partial charge < -0.3 is 5.11 Å². The Balaban J connectivity index is 2.89. The molecule has 0 fully saturated rings. The molecule has 0 heterocycles. The minimum Gasteiger partial charge on any atom is -0.481 e. The van der Waals surface area contributed by atoms with Crippen LogP contribution in [0, 0.1) is 17.7 Å². The average Bonchev–Trinajstić information content (AvgIpc) is 2.31. The van der Waals surface area contributed by atoms with Gasteiger partial charge in [-0.3, -0.25) is 4.79 Å². The van der Waals surface area contributed by atoms with E-state index in [0.29, 0.717) is 0 Å². The highest BCUT2D eigenvalue weighted by atomic mass is 35.5. The molecule has 0 aliphatic carbocycles. The minimum absolute atomic E-state index is 0.211. The Morgan fingerprint density at radius 2 is 2.05 bits per heavy atom. The zero-order chi connectivity index (χ0) is 15.5. The fourth-order valence-corrected chi connectivity index (χ4v) is 2.87. The molecule has 1 aromatic carbocycles. The van der Waals surface area contributed by atoms with Crippen molar-refractivity contribution in [3.05, 3.63) is 29.0 Å². The van der Waals surface area contributed by atoms with Crippen LogP contribution in [0.4, 0.5) is 4.39 Å². The summed E-state index contributed by atoms with van der Waals surface area (Å²) in [6, 6.07) is 2.98. The van der Waals surface area contributed by atoms with Crippen LogP contribution in [-0.2, 0) is 14.8 Å². The van der Waals surface area contributed by atoms with Gasteiger partial charge in [-0.15, -0.1) is 0 Å². The van der Waals surface area contributed by atoms with Gasteiger partial charge in [-0.05, 0) is 24.1 Å². The standard InChI is InChI=1S/C12H15ClFNO4S/c1-7(2)9(12(16)17)6-15-20(18,19)8-3-4-11(14)10(13)5-8/h3-5,7,9,15H,6H2,1-2H3,(H,16,17). The molecule has 0 radical (unpaired) electrons. The maximum Gasteiger partial charge on any atom is 0.308 e. The van der Waals surface area contributed by atoms with Crippen LogP contribution in [0.3, 0.4) is 0 Å². The lowest BCUT2D eigenvalue weighted by atomic mass is 9.97. The normalized spacial score (nSPS) is 13.4. The fraction of sp³-hybridized carbons (Fsp3) is 0.417. The number of sulfonamides is 1. The highest BCUT2D eigenvalue weighted by Gasteiger charge is 2.24. The quantitative estimate of drug-likeness (QED) is 0.840. The van der Waals surface area contributed by atoms with Gasteiger partial charge in [0.1, 0.15) is 5.82 Å². The lowest BCUT2D eigenvalue weighted by molar-refractivity contribution is -0.142. The summed E-state index contributed by atoms with van der Waals surface area (Å²) in [6.07, 6.45) is 0. The lowest BCUT2D eigenvalue weighted by Crippen LogP contribution is -2.35.